The third kappa shape index (κ3) is 3.01. The van der Waals surface area contributed by atoms with Gasteiger partial charge >= 0.3 is 0 Å². The molecule has 9 rings (SSSR count). The number of aryl methyl sites for hydroxylation is 2. The summed E-state index contributed by atoms with van der Waals surface area (Å²) in [6.45, 7) is 9.07. The molecule has 0 saturated heterocycles. The Labute approximate surface area is 237 Å². The van der Waals surface area contributed by atoms with Crippen molar-refractivity contribution in [3.8, 4) is 11.1 Å². The van der Waals surface area contributed by atoms with Gasteiger partial charge in [0, 0.05) is 10.8 Å². The first-order valence-electron chi connectivity index (χ1n) is 14.5. The smallest absolute Gasteiger partial charge is 0.220 e. The van der Waals surface area contributed by atoms with E-state index >= 15 is 0 Å². The van der Waals surface area contributed by atoms with Crippen LogP contribution in [0.2, 0.25) is 0 Å². The van der Waals surface area contributed by atoms with E-state index in [2.05, 4.69) is 134 Å². The zero-order valence-electron chi connectivity index (χ0n) is 23.7. The molecular formula is C38H29N3. The third-order valence-corrected chi connectivity index (χ3v) is 9.16. The number of hydrogen-bond donors (Lipinski definition) is 0. The number of rotatable bonds is 2. The maximum absolute atomic E-state index is 5.28. The highest BCUT2D eigenvalue weighted by atomic mass is 15.2. The minimum atomic E-state index is 0.502. The zero-order chi connectivity index (χ0) is 27.6. The van der Waals surface area contributed by atoms with Gasteiger partial charge in [0.05, 0.1) is 27.6 Å². The molecule has 0 spiro atoms. The Bertz CT molecular complexity index is 2500. The maximum atomic E-state index is 5.28. The number of fused-ring (bicyclic) bond motifs is 10. The van der Waals surface area contributed by atoms with E-state index in [1.165, 1.54) is 76.7 Å². The monoisotopic (exact) mass is 527 g/mol. The van der Waals surface area contributed by atoms with Crippen LogP contribution in [-0.4, -0.2) is 13.8 Å². The first-order valence-corrected chi connectivity index (χ1v) is 14.5. The predicted molar refractivity (Wildman–Crippen MR) is 174 cm³/mol. The molecule has 3 heteroatoms. The summed E-state index contributed by atoms with van der Waals surface area (Å²) in [5.41, 5.74) is 12.5. The summed E-state index contributed by atoms with van der Waals surface area (Å²) in [5.74, 6) is 1.48. The van der Waals surface area contributed by atoms with Gasteiger partial charge in [-0.05, 0) is 106 Å². The second-order valence-electron chi connectivity index (χ2n) is 12.1. The lowest BCUT2D eigenvalue weighted by Gasteiger charge is -2.15. The molecule has 196 valence electrons. The zero-order valence-corrected chi connectivity index (χ0v) is 23.7. The molecule has 0 saturated carbocycles. The molecule has 0 aliphatic carbocycles. The van der Waals surface area contributed by atoms with Crippen molar-refractivity contribution in [1.82, 2.24) is 13.8 Å². The molecular weight excluding hydrogens is 498 g/mol. The molecule has 0 bridgehead atoms. The van der Waals surface area contributed by atoms with E-state index in [1.54, 1.807) is 0 Å². The van der Waals surface area contributed by atoms with Gasteiger partial charge in [0.15, 0.2) is 0 Å². The summed E-state index contributed by atoms with van der Waals surface area (Å²) in [4.78, 5) is 5.28. The number of aromatic nitrogens is 3. The standard InChI is InChI=1S/C38H29N3/c1-21(2)28-13-22(3)36(23(4)14-28)29-16-31-30-15-24-9-5-7-11-26(24)18-33(30)41-37(31)35(20-29)40-34-19-27-12-8-6-10-25(27)17-32(34)39-38(40)41/h5-21H,1-4H3. The van der Waals surface area contributed by atoms with Crippen LogP contribution in [-0.2, 0) is 0 Å². The number of benzene rings is 6. The molecule has 0 fully saturated rings. The van der Waals surface area contributed by atoms with Crippen LogP contribution in [0.5, 0.6) is 0 Å². The first-order chi connectivity index (χ1) is 20.0. The van der Waals surface area contributed by atoms with Crippen molar-refractivity contribution in [3.05, 3.63) is 114 Å². The van der Waals surface area contributed by atoms with Crippen molar-refractivity contribution in [2.75, 3.05) is 0 Å². The van der Waals surface area contributed by atoms with Crippen molar-refractivity contribution in [2.24, 2.45) is 0 Å². The van der Waals surface area contributed by atoms with Crippen molar-refractivity contribution in [1.29, 1.82) is 0 Å². The van der Waals surface area contributed by atoms with E-state index in [4.69, 9.17) is 4.98 Å². The van der Waals surface area contributed by atoms with Gasteiger partial charge in [0.1, 0.15) is 0 Å². The average Bonchev–Trinajstić information content (AvgIpc) is 3.59. The Balaban J connectivity index is 1.50. The molecule has 0 radical (unpaired) electrons. The second-order valence-corrected chi connectivity index (χ2v) is 12.1. The topological polar surface area (TPSA) is 21.7 Å². The van der Waals surface area contributed by atoms with Gasteiger partial charge in [0.25, 0.3) is 0 Å². The van der Waals surface area contributed by atoms with Crippen LogP contribution in [0.1, 0.15) is 36.5 Å². The summed E-state index contributed by atoms with van der Waals surface area (Å²) in [6, 6.07) is 36.1. The van der Waals surface area contributed by atoms with Gasteiger partial charge in [0.2, 0.25) is 5.78 Å². The lowest BCUT2D eigenvalue weighted by molar-refractivity contribution is 0.863. The molecule has 9 aromatic rings. The Morgan fingerprint density at radius 3 is 1.85 bits per heavy atom. The third-order valence-electron chi connectivity index (χ3n) is 9.16. The van der Waals surface area contributed by atoms with Gasteiger partial charge in [-0.3, -0.25) is 8.80 Å². The van der Waals surface area contributed by atoms with E-state index in [0.717, 1.165) is 16.8 Å². The van der Waals surface area contributed by atoms with Crippen molar-refractivity contribution in [2.45, 2.75) is 33.6 Å². The quantitative estimate of drug-likeness (QED) is 0.219. The van der Waals surface area contributed by atoms with Crippen LogP contribution >= 0.6 is 0 Å². The Hall–Kier alpha value is -4.89. The predicted octanol–water partition coefficient (Wildman–Crippen LogP) is 10.2. The largest absolute Gasteiger partial charge is 0.277 e. The second kappa shape index (κ2) is 7.86. The number of hydrogen-bond acceptors (Lipinski definition) is 1. The minimum Gasteiger partial charge on any atom is -0.277 e. The molecule has 0 N–H and O–H groups in total. The molecule has 41 heavy (non-hydrogen) atoms. The Morgan fingerprint density at radius 1 is 0.585 bits per heavy atom. The van der Waals surface area contributed by atoms with Crippen LogP contribution in [0.3, 0.4) is 0 Å². The average molecular weight is 528 g/mol. The molecule has 0 amide bonds. The molecule has 0 atom stereocenters. The van der Waals surface area contributed by atoms with Crippen LogP contribution in [0.15, 0.2) is 97.1 Å². The Kier molecular flexibility index (Phi) is 4.38. The van der Waals surface area contributed by atoms with Gasteiger partial charge in [-0.1, -0.05) is 74.5 Å². The summed E-state index contributed by atoms with van der Waals surface area (Å²) in [6.07, 6.45) is 0. The summed E-state index contributed by atoms with van der Waals surface area (Å²) in [5, 5.41) is 7.52. The highest BCUT2D eigenvalue weighted by Gasteiger charge is 2.23. The fraction of sp³-hybridized carbons (Fsp3) is 0.132. The SMILES string of the molecule is Cc1cc(C(C)C)cc(C)c1-c1cc2c3cc4ccccc4cc3n3c2c(c1)n1c2cc4ccccc4cc2nc13. The lowest BCUT2D eigenvalue weighted by Crippen LogP contribution is -1.95. The number of imidazole rings is 2. The molecule has 6 aromatic carbocycles. The highest BCUT2D eigenvalue weighted by molar-refractivity contribution is 6.20. The van der Waals surface area contributed by atoms with Gasteiger partial charge < -0.3 is 0 Å². The van der Waals surface area contributed by atoms with Crippen LogP contribution in [0.4, 0.5) is 0 Å². The van der Waals surface area contributed by atoms with Crippen molar-refractivity contribution in [3.63, 3.8) is 0 Å². The maximum Gasteiger partial charge on any atom is 0.220 e. The fourth-order valence-electron chi connectivity index (χ4n) is 7.26. The van der Waals surface area contributed by atoms with E-state index in [9.17, 15) is 0 Å². The Morgan fingerprint density at radius 2 is 1.20 bits per heavy atom. The van der Waals surface area contributed by atoms with Crippen molar-refractivity contribution < 1.29 is 0 Å². The van der Waals surface area contributed by atoms with Crippen molar-refractivity contribution >= 4 is 65.7 Å². The molecule has 3 heterocycles. The highest BCUT2D eigenvalue weighted by Crippen LogP contribution is 2.42. The summed E-state index contributed by atoms with van der Waals surface area (Å²) >= 11 is 0. The van der Waals surface area contributed by atoms with E-state index in [-0.39, 0.29) is 0 Å². The molecule has 3 nitrogen and oxygen atoms in total. The van der Waals surface area contributed by atoms with Crippen LogP contribution in [0.25, 0.3) is 76.8 Å². The number of nitrogens with zero attached hydrogens (tertiary/aromatic N) is 3. The molecule has 0 aliphatic heterocycles. The first kappa shape index (κ1) is 22.9. The van der Waals surface area contributed by atoms with E-state index < -0.39 is 0 Å². The molecule has 3 aromatic heterocycles. The van der Waals surface area contributed by atoms with Crippen LogP contribution in [0, 0.1) is 13.8 Å². The van der Waals surface area contributed by atoms with Gasteiger partial charge in [-0.2, -0.15) is 0 Å². The molecule has 0 aliphatic rings. The van der Waals surface area contributed by atoms with E-state index in [1.807, 2.05) is 0 Å². The van der Waals surface area contributed by atoms with Gasteiger partial charge in [-0.15, -0.1) is 0 Å². The van der Waals surface area contributed by atoms with Crippen LogP contribution < -0.4 is 0 Å². The fourth-order valence-corrected chi connectivity index (χ4v) is 7.26. The summed E-state index contributed by atoms with van der Waals surface area (Å²) in [7, 11) is 0. The normalized spacial score (nSPS) is 12.6. The molecule has 0 unspecified atom stereocenters. The van der Waals surface area contributed by atoms with Gasteiger partial charge in [-0.25, -0.2) is 4.98 Å². The van der Waals surface area contributed by atoms with E-state index in [0.29, 0.717) is 5.92 Å². The lowest BCUT2D eigenvalue weighted by atomic mass is 9.89. The minimum absolute atomic E-state index is 0.502. The summed E-state index contributed by atoms with van der Waals surface area (Å²) < 4.78 is 4.78.